The van der Waals surface area contributed by atoms with Crippen LogP contribution >= 0.6 is 0 Å². The number of nitrogens with one attached hydrogen (secondary N) is 1. The number of benzene rings is 1. The third-order valence-electron chi connectivity index (χ3n) is 3.40. The van der Waals surface area contributed by atoms with E-state index >= 15 is 0 Å². The van der Waals surface area contributed by atoms with E-state index in [0.29, 0.717) is 5.56 Å². The van der Waals surface area contributed by atoms with Crippen LogP contribution in [0.2, 0.25) is 0 Å². The summed E-state index contributed by atoms with van der Waals surface area (Å²) in [4.78, 5) is 0. The second-order valence-corrected chi connectivity index (χ2v) is 4.98. The van der Waals surface area contributed by atoms with E-state index < -0.39 is 0 Å². The minimum absolute atomic E-state index is 0.0494. The number of aromatic nitrogens is 2. The maximum Gasteiger partial charge on any atom is 0.126 e. The van der Waals surface area contributed by atoms with E-state index in [1.165, 1.54) is 6.07 Å². The minimum Gasteiger partial charge on any atom is -0.305 e. The molecular formula is C16H22FN3. The molecule has 2 rings (SSSR count). The molecule has 0 aliphatic carbocycles. The molecule has 108 valence electrons. The first-order chi connectivity index (χ1) is 9.67. The number of hydrogen-bond donors (Lipinski definition) is 1. The van der Waals surface area contributed by atoms with E-state index in [0.717, 1.165) is 30.8 Å². The number of rotatable bonds is 6. The highest BCUT2D eigenvalue weighted by Gasteiger charge is 2.18. The molecule has 1 aromatic carbocycles. The van der Waals surface area contributed by atoms with Crippen molar-refractivity contribution in [3.05, 3.63) is 53.1 Å². The highest BCUT2D eigenvalue weighted by atomic mass is 19.1. The quantitative estimate of drug-likeness (QED) is 0.875. The van der Waals surface area contributed by atoms with Crippen molar-refractivity contribution in [3.8, 4) is 0 Å². The number of aryl methyl sites for hydroxylation is 2. The van der Waals surface area contributed by atoms with Gasteiger partial charge in [-0.15, -0.1) is 0 Å². The van der Waals surface area contributed by atoms with Gasteiger partial charge >= 0.3 is 0 Å². The minimum atomic E-state index is -0.161. The lowest BCUT2D eigenvalue weighted by molar-refractivity contribution is 0.519. The summed E-state index contributed by atoms with van der Waals surface area (Å²) in [6.07, 6.45) is 2.86. The molecule has 1 heterocycles. The molecule has 0 saturated heterocycles. The molecule has 0 saturated carbocycles. The summed E-state index contributed by atoms with van der Waals surface area (Å²) in [5, 5.41) is 7.84. The maximum atomic E-state index is 13.5. The molecule has 1 N–H and O–H groups in total. The summed E-state index contributed by atoms with van der Waals surface area (Å²) < 4.78 is 15.5. The highest BCUT2D eigenvalue weighted by molar-refractivity contribution is 5.31. The molecule has 0 amide bonds. The van der Waals surface area contributed by atoms with Crippen LogP contribution in [0, 0.1) is 12.7 Å². The second kappa shape index (κ2) is 6.66. The molecule has 4 heteroatoms. The van der Waals surface area contributed by atoms with E-state index in [-0.39, 0.29) is 11.9 Å². The topological polar surface area (TPSA) is 29.9 Å². The van der Waals surface area contributed by atoms with Crippen LogP contribution in [0.1, 0.15) is 43.1 Å². The SMILES string of the molecule is CCCn1nccc1C(NCC)c1ccc(F)c(C)c1. The summed E-state index contributed by atoms with van der Waals surface area (Å²) >= 11 is 0. The molecule has 1 atom stereocenters. The second-order valence-electron chi connectivity index (χ2n) is 4.98. The van der Waals surface area contributed by atoms with Crippen molar-refractivity contribution in [2.45, 2.75) is 39.8 Å². The van der Waals surface area contributed by atoms with Gasteiger partial charge in [0.2, 0.25) is 0 Å². The lowest BCUT2D eigenvalue weighted by Gasteiger charge is -2.20. The predicted molar refractivity (Wildman–Crippen MR) is 79.2 cm³/mol. The van der Waals surface area contributed by atoms with Gasteiger partial charge in [-0.2, -0.15) is 5.10 Å². The van der Waals surface area contributed by atoms with Crippen molar-refractivity contribution >= 4 is 0 Å². The Bertz CT molecular complexity index is 563. The zero-order valence-corrected chi connectivity index (χ0v) is 12.4. The Labute approximate surface area is 119 Å². The Kier molecular flexibility index (Phi) is 4.90. The third kappa shape index (κ3) is 3.07. The van der Waals surface area contributed by atoms with Crippen molar-refractivity contribution in [3.63, 3.8) is 0 Å². The monoisotopic (exact) mass is 275 g/mol. The van der Waals surface area contributed by atoms with Gasteiger partial charge in [-0.3, -0.25) is 4.68 Å². The van der Waals surface area contributed by atoms with Crippen LogP contribution in [0.4, 0.5) is 4.39 Å². The van der Waals surface area contributed by atoms with Crippen molar-refractivity contribution in [1.82, 2.24) is 15.1 Å². The lowest BCUT2D eigenvalue weighted by Crippen LogP contribution is -2.25. The van der Waals surface area contributed by atoms with Crippen LogP contribution in [0.25, 0.3) is 0 Å². The molecule has 0 spiro atoms. The van der Waals surface area contributed by atoms with E-state index in [2.05, 4.69) is 24.3 Å². The molecule has 2 aromatic rings. The summed E-state index contributed by atoms with van der Waals surface area (Å²) in [6, 6.07) is 7.37. The average molecular weight is 275 g/mol. The molecule has 3 nitrogen and oxygen atoms in total. The lowest BCUT2D eigenvalue weighted by atomic mass is 10.0. The predicted octanol–water partition coefficient (Wildman–Crippen LogP) is 3.44. The van der Waals surface area contributed by atoms with Gasteiger partial charge in [0.15, 0.2) is 0 Å². The molecule has 0 radical (unpaired) electrons. The Hall–Kier alpha value is -1.68. The smallest absolute Gasteiger partial charge is 0.126 e. The molecule has 1 unspecified atom stereocenters. The van der Waals surface area contributed by atoms with E-state index in [1.807, 2.05) is 29.1 Å². The van der Waals surface area contributed by atoms with Gasteiger partial charge in [0.05, 0.1) is 11.7 Å². The third-order valence-corrected chi connectivity index (χ3v) is 3.40. The molecule has 1 aromatic heterocycles. The van der Waals surface area contributed by atoms with Gasteiger partial charge in [-0.05, 0) is 43.1 Å². The van der Waals surface area contributed by atoms with Crippen LogP contribution in [0.15, 0.2) is 30.5 Å². The fourth-order valence-corrected chi connectivity index (χ4v) is 2.43. The molecule has 20 heavy (non-hydrogen) atoms. The first kappa shape index (κ1) is 14.7. The Morgan fingerprint density at radius 1 is 1.30 bits per heavy atom. The standard InChI is InChI=1S/C16H22FN3/c1-4-10-20-15(8-9-19-20)16(18-5-2)13-6-7-14(17)12(3)11-13/h6-9,11,16,18H,4-5,10H2,1-3H3. The van der Waals surface area contributed by atoms with Crippen molar-refractivity contribution in [1.29, 1.82) is 0 Å². The molecule has 0 fully saturated rings. The summed E-state index contributed by atoms with van der Waals surface area (Å²) in [6.45, 7) is 7.74. The number of nitrogens with zero attached hydrogens (tertiary/aromatic N) is 2. The summed E-state index contributed by atoms with van der Waals surface area (Å²) in [5.41, 5.74) is 2.87. The summed E-state index contributed by atoms with van der Waals surface area (Å²) in [7, 11) is 0. The largest absolute Gasteiger partial charge is 0.305 e. The van der Waals surface area contributed by atoms with Crippen LogP contribution in [0.5, 0.6) is 0 Å². The van der Waals surface area contributed by atoms with Crippen LogP contribution in [0.3, 0.4) is 0 Å². The van der Waals surface area contributed by atoms with Crippen LogP contribution < -0.4 is 5.32 Å². The van der Waals surface area contributed by atoms with Crippen LogP contribution in [-0.2, 0) is 6.54 Å². The first-order valence-corrected chi connectivity index (χ1v) is 7.18. The van der Waals surface area contributed by atoms with Gasteiger partial charge in [0.1, 0.15) is 5.82 Å². The highest BCUT2D eigenvalue weighted by Crippen LogP contribution is 2.24. The van der Waals surface area contributed by atoms with Gasteiger partial charge in [0.25, 0.3) is 0 Å². The van der Waals surface area contributed by atoms with Crippen molar-refractivity contribution < 1.29 is 4.39 Å². The Balaban J connectivity index is 2.39. The fourth-order valence-electron chi connectivity index (χ4n) is 2.43. The molecule has 0 aliphatic heterocycles. The van der Waals surface area contributed by atoms with Gasteiger partial charge in [-0.1, -0.05) is 26.0 Å². The van der Waals surface area contributed by atoms with E-state index in [9.17, 15) is 4.39 Å². The van der Waals surface area contributed by atoms with E-state index in [1.54, 1.807) is 6.92 Å². The zero-order chi connectivity index (χ0) is 14.5. The maximum absolute atomic E-state index is 13.5. The molecule has 0 aliphatic rings. The van der Waals surface area contributed by atoms with Crippen LogP contribution in [-0.4, -0.2) is 16.3 Å². The molecular weight excluding hydrogens is 253 g/mol. The molecule has 0 bridgehead atoms. The summed E-state index contributed by atoms with van der Waals surface area (Å²) in [5.74, 6) is -0.161. The Morgan fingerprint density at radius 3 is 2.75 bits per heavy atom. The van der Waals surface area contributed by atoms with E-state index in [4.69, 9.17) is 0 Å². The average Bonchev–Trinajstić information content (AvgIpc) is 2.88. The van der Waals surface area contributed by atoms with Crippen molar-refractivity contribution in [2.75, 3.05) is 6.54 Å². The van der Waals surface area contributed by atoms with Crippen molar-refractivity contribution in [2.24, 2.45) is 0 Å². The normalized spacial score (nSPS) is 12.6. The van der Waals surface area contributed by atoms with Gasteiger partial charge < -0.3 is 5.32 Å². The zero-order valence-electron chi connectivity index (χ0n) is 12.4. The van der Waals surface area contributed by atoms with Gasteiger partial charge in [0, 0.05) is 12.7 Å². The number of halogens is 1. The van der Waals surface area contributed by atoms with Gasteiger partial charge in [-0.25, -0.2) is 4.39 Å². The number of hydrogen-bond acceptors (Lipinski definition) is 2. The first-order valence-electron chi connectivity index (χ1n) is 7.18. The fraction of sp³-hybridized carbons (Fsp3) is 0.438. The Morgan fingerprint density at radius 2 is 2.10 bits per heavy atom.